The Morgan fingerprint density at radius 3 is 2.44 bits per heavy atom. The second-order valence-corrected chi connectivity index (χ2v) is 5.12. The molecule has 0 saturated heterocycles. The zero-order valence-electron chi connectivity index (χ0n) is 10.6. The van der Waals surface area contributed by atoms with Crippen molar-refractivity contribution in [3.63, 3.8) is 0 Å². The maximum absolute atomic E-state index is 11.6. The molecule has 0 spiro atoms. The zero-order chi connectivity index (χ0) is 12.0. The van der Waals surface area contributed by atoms with Gasteiger partial charge in [-0.25, -0.2) is 0 Å². The lowest BCUT2D eigenvalue weighted by molar-refractivity contribution is -0.122. The van der Waals surface area contributed by atoms with Gasteiger partial charge in [-0.2, -0.15) is 0 Å². The van der Waals surface area contributed by atoms with E-state index < -0.39 is 0 Å². The summed E-state index contributed by atoms with van der Waals surface area (Å²) in [6.07, 6.45) is 6.11. The summed E-state index contributed by atoms with van der Waals surface area (Å²) >= 11 is 0. The van der Waals surface area contributed by atoms with Crippen molar-refractivity contribution in [3.05, 3.63) is 0 Å². The maximum Gasteiger partial charge on any atom is 0.220 e. The third kappa shape index (κ3) is 4.12. The van der Waals surface area contributed by atoms with Crippen molar-refractivity contribution in [1.29, 1.82) is 0 Å². The van der Waals surface area contributed by atoms with Gasteiger partial charge in [-0.1, -0.05) is 26.7 Å². The molecule has 2 N–H and O–H groups in total. The monoisotopic (exact) mass is 227 g/mol. The van der Waals surface area contributed by atoms with E-state index in [1.807, 2.05) is 0 Å². The van der Waals surface area contributed by atoms with Crippen LogP contribution in [-0.4, -0.2) is 24.2 Å². The molecule has 1 rings (SSSR count). The van der Waals surface area contributed by atoms with Gasteiger partial charge < -0.3 is 10.4 Å². The Labute approximate surface area is 98.6 Å². The molecule has 1 aliphatic rings. The molecule has 1 fully saturated rings. The number of carbonyl (C=O) groups excluding carboxylic acids is 1. The van der Waals surface area contributed by atoms with Crippen molar-refractivity contribution in [3.8, 4) is 0 Å². The molecule has 1 amide bonds. The van der Waals surface area contributed by atoms with Crippen LogP contribution in [0.15, 0.2) is 0 Å². The summed E-state index contributed by atoms with van der Waals surface area (Å²) in [5.41, 5.74) is -0.116. The van der Waals surface area contributed by atoms with E-state index in [2.05, 4.69) is 19.2 Å². The highest BCUT2D eigenvalue weighted by Crippen LogP contribution is 2.33. The summed E-state index contributed by atoms with van der Waals surface area (Å²) in [7, 11) is 0. The van der Waals surface area contributed by atoms with Crippen LogP contribution in [0.2, 0.25) is 0 Å². The third-order valence-electron chi connectivity index (χ3n) is 3.97. The quantitative estimate of drug-likeness (QED) is 0.667. The van der Waals surface area contributed by atoms with Crippen LogP contribution >= 0.6 is 0 Å². The standard InChI is InChI=1S/C13H25NO2/c1-3-13(4-2,10-15)9-14-12(16)8-7-11-5-6-11/h11,15H,3-10H2,1-2H3,(H,14,16). The van der Waals surface area contributed by atoms with Crippen molar-refractivity contribution < 1.29 is 9.90 Å². The Morgan fingerprint density at radius 2 is 2.00 bits per heavy atom. The van der Waals surface area contributed by atoms with Gasteiger partial charge >= 0.3 is 0 Å². The lowest BCUT2D eigenvalue weighted by atomic mass is 9.83. The second-order valence-electron chi connectivity index (χ2n) is 5.12. The minimum Gasteiger partial charge on any atom is -0.396 e. The molecule has 3 nitrogen and oxygen atoms in total. The summed E-state index contributed by atoms with van der Waals surface area (Å²) in [5, 5.41) is 12.3. The molecule has 0 aromatic carbocycles. The van der Waals surface area contributed by atoms with Crippen molar-refractivity contribution in [1.82, 2.24) is 5.32 Å². The molecule has 0 bridgehead atoms. The van der Waals surface area contributed by atoms with Crippen LogP contribution in [0, 0.1) is 11.3 Å². The van der Waals surface area contributed by atoms with E-state index >= 15 is 0 Å². The molecule has 3 heteroatoms. The molecule has 0 atom stereocenters. The Morgan fingerprint density at radius 1 is 1.38 bits per heavy atom. The van der Waals surface area contributed by atoms with E-state index in [4.69, 9.17) is 0 Å². The molecule has 0 aliphatic heterocycles. The number of aliphatic hydroxyl groups excluding tert-OH is 1. The average Bonchev–Trinajstić information content (AvgIpc) is 3.13. The highest BCUT2D eigenvalue weighted by molar-refractivity contribution is 5.75. The molecule has 16 heavy (non-hydrogen) atoms. The largest absolute Gasteiger partial charge is 0.396 e. The van der Waals surface area contributed by atoms with Gasteiger partial charge in [-0.15, -0.1) is 0 Å². The SMILES string of the molecule is CCC(CC)(CO)CNC(=O)CCC1CC1. The lowest BCUT2D eigenvalue weighted by Crippen LogP contribution is -2.39. The van der Waals surface area contributed by atoms with Crippen LogP contribution in [0.3, 0.4) is 0 Å². The molecule has 0 aromatic rings. The van der Waals surface area contributed by atoms with Gasteiger partial charge in [0, 0.05) is 18.4 Å². The normalized spacial score (nSPS) is 16.2. The molecule has 1 aliphatic carbocycles. The van der Waals surface area contributed by atoms with Crippen LogP contribution in [0.5, 0.6) is 0 Å². The molecular formula is C13H25NO2. The number of amides is 1. The molecular weight excluding hydrogens is 202 g/mol. The fourth-order valence-corrected chi connectivity index (χ4v) is 1.90. The van der Waals surface area contributed by atoms with Gasteiger partial charge in [0.2, 0.25) is 5.91 Å². The van der Waals surface area contributed by atoms with Gasteiger partial charge in [-0.3, -0.25) is 4.79 Å². The van der Waals surface area contributed by atoms with Gasteiger partial charge in [0.1, 0.15) is 0 Å². The van der Waals surface area contributed by atoms with Gasteiger partial charge in [0.15, 0.2) is 0 Å². The van der Waals surface area contributed by atoms with E-state index in [0.29, 0.717) is 13.0 Å². The fraction of sp³-hybridized carbons (Fsp3) is 0.923. The minimum absolute atomic E-state index is 0.116. The Bertz CT molecular complexity index is 212. The summed E-state index contributed by atoms with van der Waals surface area (Å²) in [6.45, 7) is 4.90. The molecule has 94 valence electrons. The van der Waals surface area contributed by atoms with E-state index in [1.54, 1.807) is 0 Å². The number of nitrogens with one attached hydrogen (secondary N) is 1. The predicted octanol–water partition coefficient (Wildman–Crippen LogP) is 2.09. The van der Waals surface area contributed by atoms with Crippen molar-refractivity contribution in [2.45, 2.75) is 52.4 Å². The minimum atomic E-state index is -0.116. The van der Waals surface area contributed by atoms with Crippen LogP contribution in [-0.2, 0) is 4.79 Å². The van der Waals surface area contributed by atoms with E-state index in [9.17, 15) is 9.90 Å². The molecule has 0 heterocycles. The molecule has 1 saturated carbocycles. The van der Waals surface area contributed by atoms with E-state index in [-0.39, 0.29) is 17.9 Å². The lowest BCUT2D eigenvalue weighted by Gasteiger charge is -2.29. The first-order valence-electron chi connectivity index (χ1n) is 6.53. The maximum atomic E-state index is 11.6. The fourth-order valence-electron chi connectivity index (χ4n) is 1.90. The number of carbonyl (C=O) groups is 1. The van der Waals surface area contributed by atoms with Gasteiger partial charge in [-0.05, 0) is 25.2 Å². The van der Waals surface area contributed by atoms with Gasteiger partial charge in [0.25, 0.3) is 0 Å². The first kappa shape index (κ1) is 13.5. The number of aliphatic hydroxyl groups is 1. The van der Waals surface area contributed by atoms with Gasteiger partial charge in [0.05, 0.1) is 6.61 Å². The summed E-state index contributed by atoms with van der Waals surface area (Å²) < 4.78 is 0. The third-order valence-corrected chi connectivity index (χ3v) is 3.97. The van der Waals surface area contributed by atoms with E-state index in [1.165, 1.54) is 12.8 Å². The second kappa shape index (κ2) is 6.24. The first-order chi connectivity index (χ1) is 7.65. The highest BCUT2D eigenvalue weighted by Gasteiger charge is 2.26. The highest BCUT2D eigenvalue weighted by atomic mass is 16.3. The number of hydrogen-bond donors (Lipinski definition) is 2. The Balaban J connectivity index is 2.21. The molecule has 0 radical (unpaired) electrons. The molecule has 0 unspecified atom stereocenters. The molecule has 0 aromatic heterocycles. The Hall–Kier alpha value is -0.570. The van der Waals surface area contributed by atoms with Crippen LogP contribution < -0.4 is 5.32 Å². The topological polar surface area (TPSA) is 49.3 Å². The Kier molecular flexibility index (Phi) is 5.26. The summed E-state index contributed by atoms with van der Waals surface area (Å²) in [6, 6.07) is 0. The van der Waals surface area contributed by atoms with Crippen molar-refractivity contribution >= 4 is 5.91 Å². The predicted molar refractivity (Wildman–Crippen MR) is 65.1 cm³/mol. The van der Waals surface area contributed by atoms with E-state index in [0.717, 1.165) is 25.2 Å². The number of hydrogen-bond acceptors (Lipinski definition) is 2. The smallest absolute Gasteiger partial charge is 0.220 e. The summed E-state index contributed by atoms with van der Waals surface area (Å²) in [4.78, 5) is 11.6. The van der Waals surface area contributed by atoms with Crippen LogP contribution in [0.25, 0.3) is 0 Å². The van der Waals surface area contributed by atoms with Crippen molar-refractivity contribution in [2.75, 3.05) is 13.2 Å². The number of rotatable bonds is 8. The zero-order valence-corrected chi connectivity index (χ0v) is 10.6. The van der Waals surface area contributed by atoms with Crippen LogP contribution in [0.4, 0.5) is 0 Å². The summed E-state index contributed by atoms with van der Waals surface area (Å²) in [5.74, 6) is 0.956. The van der Waals surface area contributed by atoms with Crippen molar-refractivity contribution in [2.24, 2.45) is 11.3 Å². The van der Waals surface area contributed by atoms with Crippen LogP contribution in [0.1, 0.15) is 52.4 Å². The first-order valence-corrected chi connectivity index (χ1v) is 6.53. The average molecular weight is 227 g/mol.